The molecule has 2 aromatic rings. The molecule has 0 radical (unpaired) electrons. The highest BCUT2D eigenvalue weighted by molar-refractivity contribution is 7.13. The van der Waals surface area contributed by atoms with Crippen LogP contribution in [0.3, 0.4) is 0 Å². The fourth-order valence-electron chi connectivity index (χ4n) is 2.24. The summed E-state index contributed by atoms with van der Waals surface area (Å²) in [5, 5.41) is 5.70. The molecule has 1 unspecified atom stereocenters. The van der Waals surface area contributed by atoms with Gasteiger partial charge in [0.25, 0.3) is 0 Å². The van der Waals surface area contributed by atoms with E-state index in [1.54, 1.807) is 18.4 Å². The van der Waals surface area contributed by atoms with Gasteiger partial charge >= 0.3 is 0 Å². The number of anilines is 1. The first kappa shape index (κ1) is 15.0. The SMILES string of the molecule is COCC(CCCN)Nc1ccccc1-c1cccs1. The lowest BCUT2D eigenvalue weighted by atomic mass is 10.1. The summed E-state index contributed by atoms with van der Waals surface area (Å²) in [5.74, 6) is 0. The Morgan fingerprint density at radius 1 is 1.25 bits per heavy atom. The van der Waals surface area contributed by atoms with Gasteiger partial charge in [0.05, 0.1) is 6.61 Å². The third-order valence-electron chi connectivity index (χ3n) is 3.20. The molecule has 0 amide bonds. The Labute approximate surface area is 124 Å². The van der Waals surface area contributed by atoms with E-state index < -0.39 is 0 Å². The maximum Gasteiger partial charge on any atom is 0.0664 e. The summed E-state index contributed by atoms with van der Waals surface area (Å²) in [7, 11) is 1.74. The average Bonchev–Trinajstić information content (AvgIpc) is 2.99. The molecule has 3 nitrogen and oxygen atoms in total. The molecule has 0 aliphatic rings. The Bertz CT molecular complexity index is 499. The first-order chi connectivity index (χ1) is 9.85. The smallest absolute Gasteiger partial charge is 0.0664 e. The van der Waals surface area contributed by atoms with Crippen LogP contribution in [0.1, 0.15) is 12.8 Å². The van der Waals surface area contributed by atoms with Crippen LogP contribution in [-0.2, 0) is 4.74 Å². The van der Waals surface area contributed by atoms with Gasteiger partial charge in [-0.1, -0.05) is 24.3 Å². The molecule has 108 valence electrons. The second-order valence-electron chi connectivity index (χ2n) is 4.75. The largest absolute Gasteiger partial charge is 0.383 e. The van der Waals surface area contributed by atoms with Crippen molar-refractivity contribution >= 4 is 17.0 Å². The van der Waals surface area contributed by atoms with E-state index in [4.69, 9.17) is 10.5 Å². The summed E-state index contributed by atoms with van der Waals surface area (Å²) in [5.41, 5.74) is 8.01. The van der Waals surface area contributed by atoms with E-state index in [2.05, 4.69) is 47.1 Å². The standard InChI is InChI=1S/C16H22N2OS/c1-19-12-13(6-4-10-17)18-15-8-3-2-7-14(15)16-9-5-11-20-16/h2-3,5,7-9,11,13,18H,4,6,10,12,17H2,1H3. The zero-order valence-electron chi connectivity index (χ0n) is 11.8. The molecule has 4 heteroatoms. The lowest BCUT2D eigenvalue weighted by Crippen LogP contribution is -2.26. The van der Waals surface area contributed by atoms with Gasteiger partial charge in [0.15, 0.2) is 0 Å². The quantitative estimate of drug-likeness (QED) is 0.781. The van der Waals surface area contributed by atoms with E-state index in [1.807, 2.05) is 0 Å². The van der Waals surface area contributed by atoms with Crippen LogP contribution < -0.4 is 11.1 Å². The Kier molecular flexibility index (Phi) is 6.05. The molecular weight excluding hydrogens is 268 g/mol. The molecule has 0 aliphatic carbocycles. The Hall–Kier alpha value is -1.36. The summed E-state index contributed by atoms with van der Waals surface area (Å²) >= 11 is 1.76. The number of ether oxygens (including phenoxy) is 1. The Morgan fingerprint density at radius 2 is 2.10 bits per heavy atom. The van der Waals surface area contributed by atoms with E-state index in [0.29, 0.717) is 19.2 Å². The van der Waals surface area contributed by atoms with Crippen LogP contribution in [-0.4, -0.2) is 26.3 Å². The molecule has 1 aromatic carbocycles. The van der Waals surface area contributed by atoms with Crippen molar-refractivity contribution in [3.63, 3.8) is 0 Å². The fraction of sp³-hybridized carbons (Fsp3) is 0.375. The maximum atomic E-state index is 5.61. The monoisotopic (exact) mass is 290 g/mol. The van der Waals surface area contributed by atoms with Crippen LogP contribution in [0.2, 0.25) is 0 Å². The van der Waals surface area contributed by atoms with Crippen molar-refractivity contribution in [1.29, 1.82) is 0 Å². The molecule has 0 fully saturated rings. The van der Waals surface area contributed by atoms with E-state index in [0.717, 1.165) is 18.5 Å². The summed E-state index contributed by atoms with van der Waals surface area (Å²) in [6.45, 7) is 1.41. The Morgan fingerprint density at radius 3 is 2.80 bits per heavy atom. The minimum Gasteiger partial charge on any atom is -0.383 e. The predicted molar refractivity (Wildman–Crippen MR) is 87.3 cm³/mol. The molecule has 0 saturated heterocycles. The minimum atomic E-state index is 0.296. The number of hydrogen-bond donors (Lipinski definition) is 2. The fourth-order valence-corrected chi connectivity index (χ4v) is 3.00. The van der Waals surface area contributed by atoms with Gasteiger partial charge in [0.2, 0.25) is 0 Å². The van der Waals surface area contributed by atoms with Crippen LogP contribution in [0.15, 0.2) is 41.8 Å². The van der Waals surface area contributed by atoms with Gasteiger partial charge in [0.1, 0.15) is 0 Å². The molecule has 0 saturated carbocycles. The molecule has 0 spiro atoms. The second-order valence-corrected chi connectivity index (χ2v) is 5.70. The molecule has 1 heterocycles. The van der Waals surface area contributed by atoms with E-state index in [9.17, 15) is 0 Å². The van der Waals surface area contributed by atoms with Gasteiger partial charge in [-0.05, 0) is 36.9 Å². The summed E-state index contributed by atoms with van der Waals surface area (Å²) in [4.78, 5) is 1.28. The number of nitrogens with one attached hydrogen (secondary N) is 1. The number of para-hydroxylation sites is 1. The first-order valence-corrected chi connectivity index (χ1v) is 7.81. The van der Waals surface area contributed by atoms with Gasteiger partial charge in [-0.2, -0.15) is 0 Å². The molecule has 2 rings (SSSR count). The highest BCUT2D eigenvalue weighted by atomic mass is 32.1. The van der Waals surface area contributed by atoms with Crippen molar-refractivity contribution in [3.8, 4) is 10.4 Å². The van der Waals surface area contributed by atoms with Gasteiger partial charge in [0, 0.05) is 29.3 Å². The summed E-state index contributed by atoms with van der Waals surface area (Å²) in [6.07, 6.45) is 2.02. The van der Waals surface area contributed by atoms with Crippen molar-refractivity contribution in [2.75, 3.05) is 25.6 Å². The Balaban J connectivity index is 2.15. The molecule has 20 heavy (non-hydrogen) atoms. The van der Waals surface area contributed by atoms with E-state index >= 15 is 0 Å². The van der Waals surface area contributed by atoms with E-state index in [1.165, 1.54) is 10.4 Å². The maximum absolute atomic E-state index is 5.61. The average molecular weight is 290 g/mol. The number of thiophene rings is 1. The van der Waals surface area contributed by atoms with Gasteiger partial charge in [-0.25, -0.2) is 0 Å². The zero-order chi connectivity index (χ0) is 14.2. The number of rotatable bonds is 8. The van der Waals surface area contributed by atoms with Crippen LogP contribution in [0.25, 0.3) is 10.4 Å². The van der Waals surface area contributed by atoms with Crippen LogP contribution >= 0.6 is 11.3 Å². The summed E-state index contributed by atoms with van der Waals surface area (Å²) in [6, 6.07) is 12.9. The molecular formula is C16H22N2OS. The highest BCUT2D eigenvalue weighted by Gasteiger charge is 2.11. The van der Waals surface area contributed by atoms with Crippen molar-refractivity contribution in [3.05, 3.63) is 41.8 Å². The molecule has 0 bridgehead atoms. The second kappa shape index (κ2) is 8.04. The summed E-state index contributed by atoms with van der Waals surface area (Å²) < 4.78 is 5.30. The van der Waals surface area contributed by atoms with Crippen molar-refractivity contribution in [2.45, 2.75) is 18.9 Å². The van der Waals surface area contributed by atoms with E-state index in [-0.39, 0.29) is 0 Å². The van der Waals surface area contributed by atoms with Crippen LogP contribution in [0.4, 0.5) is 5.69 Å². The number of hydrogen-bond acceptors (Lipinski definition) is 4. The molecule has 3 N–H and O–H groups in total. The highest BCUT2D eigenvalue weighted by Crippen LogP contribution is 2.31. The lowest BCUT2D eigenvalue weighted by Gasteiger charge is -2.20. The first-order valence-electron chi connectivity index (χ1n) is 6.93. The number of methoxy groups -OCH3 is 1. The van der Waals surface area contributed by atoms with Crippen molar-refractivity contribution in [1.82, 2.24) is 0 Å². The predicted octanol–water partition coefficient (Wildman–Crippen LogP) is 3.58. The van der Waals surface area contributed by atoms with Crippen molar-refractivity contribution < 1.29 is 4.74 Å². The number of nitrogens with two attached hydrogens (primary N) is 1. The number of benzene rings is 1. The molecule has 0 aliphatic heterocycles. The van der Waals surface area contributed by atoms with Crippen molar-refractivity contribution in [2.24, 2.45) is 5.73 Å². The lowest BCUT2D eigenvalue weighted by molar-refractivity contribution is 0.182. The van der Waals surface area contributed by atoms with Gasteiger partial charge < -0.3 is 15.8 Å². The minimum absolute atomic E-state index is 0.296. The van der Waals surface area contributed by atoms with Gasteiger partial charge in [-0.15, -0.1) is 11.3 Å². The van der Waals surface area contributed by atoms with Gasteiger partial charge in [-0.3, -0.25) is 0 Å². The third-order valence-corrected chi connectivity index (χ3v) is 4.10. The molecule has 1 atom stereocenters. The topological polar surface area (TPSA) is 47.3 Å². The third kappa shape index (κ3) is 4.07. The van der Waals surface area contributed by atoms with Crippen LogP contribution in [0, 0.1) is 0 Å². The molecule has 1 aromatic heterocycles. The zero-order valence-corrected chi connectivity index (χ0v) is 12.7. The normalized spacial score (nSPS) is 12.3. The van der Waals surface area contributed by atoms with Crippen LogP contribution in [0.5, 0.6) is 0 Å².